The van der Waals surface area contributed by atoms with Gasteiger partial charge >= 0.3 is 6.03 Å². The molecule has 28 heavy (non-hydrogen) atoms. The van der Waals surface area contributed by atoms with Crippen molar-refractivity contribution in [2.45, 2.75) is 31.8 Å². The van der Waals surface area contributed by atoms with E-state index in [1.165, 1.54) is 24.3 Å². The minimum absolute atomic E-state index is 0.0180. The third-order valence-corrected chi connectivity index (χ3v) is 4.69. The minimum Gasteiger partial charge on any atom is -0.335 e. The van der Waals surface area contributed by atoms with Gasteiger partial charge in [-0.15, -0.1) is 0 Å². The predicted octanol–water partition coefficient (Wildman–Crippen LogP) is 2.23. The van der Waals surface area contributed by atoms with Crippen molar-refractivity contribution in [2.75, 3.05) is 23.7 Å². The van der Waals surface area contributed by atoms with Gasteiger partial charge in [-0.25, -0.2) is 19.2 Å². The monoisotopic (exact) mass is 386 g/mol. The lowest BCUT2D eigenvalue weighted by molar-refractivity contribution is -0.121. The molecule has 1 aliphatic rings. The Kier molecular flexibility index (Phi) is 6.49. The molecule has 9 heteroatoms. The number of hydrogen-bond acceptors (Lipinski definition) is 5. The fourth-order valence-electron chi connectivity index (χ4n) is 3.06. The van der Waals surface area contributed by atoms with Gasteiger partial charge in [0.2, 0.25) is 11.9 Å². The van der Waals surface area contributed by atoms with Crippen molar-refractivity contribution >= 4 is 23.6 Å². The van der Waals surface area contributed by atoms with Crippen LogP contribution >= 0.6 is 0 Å². The number of urea groups is 1. The Bertz CT molecular complexity index is 794. The maximum atomic E-state index is 12.9. The molecule has 1 aromatic carbocycles. The van der Waals surface area contributed by atoms with Crippen LogP contribution in [-0.2, 0) is 4.79 Å². The normalized spacial score (nSPS) is 16.2. The molecule has 0 radical (unpaired) electrons. The summed E-state index contributed by atoms with van der Waals surface area (Å²) in [7, 11) is 0. The molecule has 1 aliphatic heterocycles. The van der Waals surface area contributed by atoms with Gasteiger partial charge < -0.3 is 10.6 Å². The number of amides is 3. The van der Waals surface area contributed by atoms with Crippen molar-refractivity contribution in [3.8, 4) is 0 Å². The molecule has 0 spiro atoms. The quantitative estimate of drug-likeness (QED) is 0.732. The molecule has 0 unspecified atom stereocenters. The van der Waals surface area contributed by atoms with E-state index in [0.29, 0.717) is 18.8 Å². The average Bonchev–Trinajstić information content (AvgIpc) is 2.70. The molecule has 2 heterocycles. The van der Waals surface area contributed by atoms with Crippen LogP contribution < -0.4 is 16.0 Å². The first kappa shape index (κ1) is 19.7. The summed E-state index contributed by atoms with van der Waals surface area (Å²) < 4.78 is 12.9. The summed E-state index contributed by atoms with van der Waals surface area (Å²) >= 11 is 0. The lowest BCUT2D eigenvalue weighted by atomic mass is 10.0. The summed E-state index contributed by atoms with van der Waals surface area (Å²) in [5, 5.41) is 8.31. The molecule has 3 amide bonds. The number of carbonyl (C=O) groups is 2. The molecule has 2 aromatic rings. The van der Waals surface area contributed by atoms with Crippen LogP contribution in [0, 0.1) is 5.82 Å². The van der Waals surface area contributed by atoms with Crippen LogP contribution in [0.5, 0.6) is 0 Å². The minimum atomic E-state index is -0.352. The Labute approximate surface area is 162 Å². The Morgan fingerprint density at radius 1 is 1.11 bits per heavy atom. The van der Waals surface area contributed by atoms with Gasteiger partial charge in [-0.2, -0.15) is 0 Å². The largest absolute Gasteiger partial charge is 0.335 e. The number of anilines is 2. The van der Waals surface area contributed by atoms with Crippen molar-refractivity contribution in [3.63, 3.8) is 0 Å². The zero-order valence-electron chi connectivity index (χ0n) is 15.6. The number of rotatable bonds is 5. The van der Waals surface area contributed by atoms with Gasteiger partial charge in [-0.3, -0.25) is 15.0 Å². The maximum absolute atomic E-state index is 12.9. The fraction of sp³-hybridized carbons (Fsp3) is 0.368. The number of likely N-dealkylation sites (tertiary alicyclic amines) is 1. The second-order valence-corrected chi connectivity index (χ2v) is 6.65. The summed E-state index contributed by atoms with van der Waals surface area (Å²) in [5.74, 6) is -0.227. The van der Waals surface area contributed by atoms with Crippen LogP contribution in [-0.4, -0.2) is 52.0 Å². The summed E-state index contributed by atoms with van der Waals surface area (Å²) in [6.45, 7) is 3.21. The fourth-order valence-corrected chi connectivity index (χ4v) is 3.06. The van der Waals surface area contributed by atoms with Gasteiger partial charge in [0, 0.05) is 37.2 Å². The van der Waals surface area contributed by atoms with Gasteiger partial charge in [-0.05, 0) is 50.1 Å². The zero-order chi connectivity index (χ0) is 19.9. The Morgan fingerprint density at radius 3 is 2.39 bits per heavy atom. The standard InChI is InChI=1S/C19H23FN6O2/c1-13(17(27)25-18-21-9-2-10-22-18)26-11-7-16(8-12-26)24-19(28)23-15-5-3-14(20)4-6-15/h2-6,9-10,13,16H,7-8,11-12H2,1H3,(H2,23,24,28)(H,21,22,25,27)/t13-/m0/s1. The number of halogens is 1. The molecule has 8 nitrogen and oxygen atoms in total. The summed E-state index contributed by atoms with van der Waals surface area (Å²) in [4.78, 5) is 34.5. The Hall–Kier alpha value is -3.07. The van der Waals surface area contributed by atoms with Crippen molar-refractivity contribution in [3.05, 3.63) is 48.5 Å². The third kappa shape index (κ3) is 5.46. The first-order valence-corrected chi connectivity index (χ1v) is 9.16. The van der Waals surface area contributed by atoms with Crippen LogP contribution in [0.15, 0.2) is 42.7 Å². The van der Waals surface area contributed by atoms with Crippen molar-refractivity contribution in [1.29, 1.82) is 0 Å². The topological polar surface area (TPSA) is 99.2 Å². The number of benzene rings is 1. The first-order valence-electron chi connectivity index (χ1n) is 9.16. The average molecular weight is 386 g/mol. The number of aromatic nitrogens is 2. The van der Waals surface area contributed by atoms with E-state index in [0.717, 1.165) is 12.8 Å². The second kappa shape index (κ2) is 9.23. The molecule has 1 aromatic heterocycles. The lowest BCUT2D eigenvalue weighted by Gasteiger charge is -2.35. The van der Waals surface area contributed by atoms with E-state index >= 15 is 0 Å². The zero-order valence-corrected chi connectivity index (χ0v) is 15.6. The number of carbonyl (C=O) groups excluding carboxylic acids is 2. The highest BCUT2D eigenvalue weighted by molar-refractivity contribution is 5.93. The van der Waals surface area contributed by atoms with E-state index < -0.39 is 0 Å². The molecule has 1 atom stereocenters. The lowest BCUT2D eigenvalue weighted by Crippen LogP contribution is -2.51. The predicted molar refractivity (Wildman–Crippen MR) is 103 cm³/mol. The Morgan fingerprint density at radius 2 is 1.75 bits per heavy atom. The molecule has 0 aliphatic carbocycles. The highest BCUT2D eigenvalue weighted by Gasteiger charge is 2.27. The molecule has 3 N–H and O–H groups in total. The number of piperidine rings is 1. The summed E-state index contributed by atoms with van der Waals surface area (Å²) in [6.07, 6.45) is 4.61. The highest BCUT2D eigenvalue weighted by atomic mass is 19.1. The molecular formula is C19H23FN6O2. The van der Waals surface area contributed by atoms with E-state index in [2.05, 4.69) is 30.8 Å². The maximum Gasteiger partial charge on any atom is 0.319 e. The van der Waals surface area contributed by atoms with E-state index in [9.17, 15) is 14.0 Å². The van der Waals surface area contributed by atoms with Crippen molar-refractivity contribution in [2.24, 2.45) is 0 Å². The SMILES string of the molecule is C[C@@H](C(=O)Nc1ncccn1)N1CCC(NC(=O)Nc2ccc(F)cc2)CC1. The van der Waals surface area contributed by atoms with Gasteiger partial charge in [0.25, 0.3) is 0 Å². The van der Waals surface area contributed by atoms with E-state index in [-0.39, 0.29) is 35.8 Å². The second-order valence-electron chi connectivity index (χ2n) is 6.65. The molecule has 148 valence electrons. The number of hydrogen-bond donors (Lipinski definition) is 3. The molecule has 0 bridgehead atoms. The van der Waals surface area contributed by atoms with Crippen LogP contribution in [0.4, 0.5) is 20.8 Å². The summed E-state index contributed by atoms with van der Waals surface area (Å²) in [6, 6.07) is 6.66. The number of nitrogens with one attached hydrogen (secondary N) is 3. The van der Waals surface area contributed by atoms with Crippen molar-refractivity contribution in [1.82, 2.24) is 20.2 Å². The highest BCUT2D eigenvalue weighted by Crippen LogP contribution is 2.15. The van der Waals surface area contributed by atoms with Gasteiger partial charge in [0.05, 0.1) is 6.04 Å². The first-order chi connectivity index (χ1) is 13.5. The molecule has 1 saturated heterocycles. The smallest absolute Gasteiger partial charge is 0.319 e. The van der Waals surface area contributed by atoms with Gasteiger partial charge in [-0.1, -0.05) is 0 Å². The summed E-state index contributed by atoms with van der Waals surface area (Å²) in [5.41, 5.74) is 0.532. The van der Waals surface area contributed by atoms with Crippen LogP contribution in [0.1, 0.15) is 19.8 Å². The van der Waals surface area contributed by atoms with E-state index in [1.807, 2.05) is 6.92 Å². The molecule has 1 fully saturated rings. The third-order valence-electron chi connectivity index (χ3n) is 4.69. The van der Waals surface area contributed by atoms with E-state index in [4.69, 9.17) is 0 Å². The number of nitrogens with zero attached hydrogens (tertiary/aromatic N) is 3. The van der Waals surface area contributed by atoms with Gasteiger partial charge in [0.15, 0.2) is 0 Å². The molecule has 3 rings (SSSR count). The van der Waals surface area contributed by atoms with Crippen LogP contribution in [0.2, 0.25) is 0 Å². The van der Waals surface area contributed by atoms with E-state index in [1.54, 1.807) is 18.5 Å². The van der Waals surface area contributed by atoms with Crippen LogP contribution in [0.25, 0.3) is 0 Å². The Balaban J connectivity index is 1.42. The molecular weight excluding hydrogens is 363 g/mol. The van der Waals surface area contributed by atoms with Crippen LogP contribution in [0.3, 0.4) is 0 Å². The molecule has 0 saturated carbocycles. The van der Waals surface area contributed by atoms with Crippen molar-refractivity contribution < 1.29 is 14.0 Å². The van der Waals surface area contributed by atoms with Gasteiger partial charge in [0.1, 0.15) is 5.82 Å².